The van der Waals surface area contributed by atoms with Gasteiger partial charge < -0.3 is 19.7 Å². The molecule has 0 aliphatic rings. The van der Waals surface area contributed by atoms with Gasteiger partial charge in [0.1, 0.15) is 24.2 Å². The third kappa shape index (κ3) is 3.89. The minimum absolute atomic E-state index is 0.0553. The summed E-state index contributed by atoms with van der Waals surface area (Å²) in [6.45, 7) is 6.06. The minimum atomic E-state index is -0.856. The number of methoxy groups -OCH3 is 1. The van der Waals surface area contributed by atoms with Crippen molar-refractivity contribution in [2.45, 2.75) is 32.3 Å². The van der Waals surface area contributed by atoms with Crippen LogP contribution >= 0.6 is 0 Å². The molecule has 1 aromatic rings. The molecule has 102 valence electrons. The van der Waals surface area contributed by atoms with Gasteiger partial charge >= 0.3 is 0 Å². The molecule has 0 spiro atoms. The second-order valence-electron chi connectivity index (χ2n) is 5.26. The highest BCUT2D eigenvalue weighted by molar-refractivity contribution is 5.44. The van der Waals surface area contributed by atoms with Crippen molar-refractivity contribution < 1.29 is 19.7 Å². The van der Waals surface area contributed by atoms with Crippen LogP contribution in [0.4, 0.5) is 0 Å². The molecule has 0 heterocycles. The zero-order valence-corrected chi connectivity index (χ0v) is 11.4. The van der Waals surface area contributed by atoms with Crippen LogP contribution in [0, 0.1) is 0 Å². The molecular formula is C14H22O4. The molecule has 0 amide bonds. The van der Waals surface area contributed by atoms with E-state index in [1.165, 1.54) is 0 Å². The van der Waals surface area contributed by atoms with Gasteiger partial charge in [-0.25, -0.2) is 0 Å². The van der Waals surface area contributed by atoms with Crippen molar-refractivity contribution in [3.63, 3.8) is 0 Å². The number of aliphatic hydroxyl groups excluding tert-OH is 2. The quantitative estimate of drug-likeness (QED) is 0.840. The molecule has 0 aromatic heterocycles. The summed E-state index contributed by atoms with van der Waals surface area (Å²) < 4.78 is 10.8. The lowest BCUT2D eigenvalue weighted by molar-refractivity contribution is 0.0535. The molecule has 0 bridgehead atoms. The van der Waals surface area contributed by atoms with Gasteiger partial charge in [0.15, 0.2) is 0 Å². The standard InChI is InChI=1S/C14H22O4/c1-14(2,3)12-7-11(5-6-13(12)17-4)18-9-10(16)8-15/h5-7,10,15-16H,8-9H2,1-4H3. The fourth-order valence-corrected chi connectivity index (χ4v) is 1.61. The van der Waals surface area contributed by atoms with E-state index >= 15 is 0 Å². The van der Waals surface area contributed by atoms with E-state index in [4.69, 9.17) is 14.6 Å². The van der Waals surface area contributed by atoms with Gasteiger partial charge in [0.25, 0.3) is 0 Å². The molecule has 18 heavy (non-hydrogen) atoms. The van der Waals surface area contributed by atoms with Crippen molar-refractivity contribution >= 4 is 0 Å². The molecule has 4 heteroatoms. The average molecular weight is 254 g/mol. The van der Waals surface area contributed by atoms with Gasteiger partial charge in [-0.2, -0.15) is 0 Å². The van der Waals surface area contributed by atoms with Crippen LogP contribution in [0.5, 0.6) is 11.5 Å². The first kappa shape index (κ1) is 14.8. The molecule has 2 N–H and O–H groups in total. The van der Waals surface area contributed by atoms with Crippen LogP contribution in [0.2, 0.25) is 0 Å². The third-order valence-electron chi connectivity index (χ3n) is 2.63. The van der Waals surface area contributed by atoms with Crippen LogP contribution in [-0.4, -0.2) is 36.6 Å². The van der Waals surface area contributed by atoms with Gasteiger partial charge in [-0.05, 0) is 23.6 Å². The number of hydrogen-bond acceptors (Lipinski definition) is 4. The van der Waals surface area contributed by atoms with E-state index in [-0.39, 0.29) is 18.6 Å². The number of benzene rings is 1. The second kappa shape index (κ2) is 6.07. The van der Waals surface area contributed by atoms with E-state index in [0.29, 0.717) is 5.75 Å². The van der Waals surface area contributed by atoms with Gasteiger partial charge in [0.2, 0.25) is 0 Å². The molecule has 1 aromatic carbocycles. The summed E-state index contributed by atoms with van der Waals surface area (Å²) in [6.07, 6.45) is -0.856. The molecule has 1 unspecified atom stereocenters. The maximum atomic E-state index is 9.25. The predicted molar refractivity (Wildman–Crippen MR) is 70.3 cm³/mol. The Morgan fingerprint density at radius 2 is 1.94 bits per heavy atom. The molecule has 0 saturated heterocycles. The van der Waals surface area contributed by atoms with E-state index in [0.717, 1.165) is 11.3 Å². The van der Waals surface area contributed by atoms with E-state index in [1.807, 2.05) is 12.1 Å². The van der Waals surface area contributed by atoms with Crippen molar-refractivity contribution in [1.82, 2.24) is 0 Å². The van der Waals surface area contributed by atoms with Crippen LogP contribution in [0.25, 0.3) is 0 Å². The summed E-state index contributed by atoms with van der Waals surface area (Å²) in [6, 6.07) is 5.54. The van der Waals surface area contributed by atoms with Gasteiger partial charge in [-0.15, -0.1) is 0 Å². The first-order chi connectivity index (χ1) is 8.38. The Morgan fingerprint density at radius 1 is 1.28 bits per heavy atom. The van der Waals surface area contributed by atoms with Crippen molar-refractivity contribution in [3.05, 3.63) is 23.8 Å². The first-order valence-electron chi connectivity index (χ1n) is 5.98. The summed E-state index contributed by atoms with van der Waals surface area (Å²) >= 11 is 0. The molecule has 0 aliphatic heterocycles. The summed E-state index contributed by atoms with van der Waals surface area (Å²) in [5.74, 6) is 1.48. The summed E-state index contributed by atoms with van der Waals surface area (Å²) in [5, 5.41) is 18.0. The molecular weight excluding hydrogens is 232 g/mol. The maximum absolute atomic E-state index is 9.25. The number of rotatable bonds is 5. The fourth-order valence-electron chi connectivity index (χ4n) is 1.61. The van der Waals surface area contributed by atoms with Gasteiger partial charge in [-0.1, -0.05) is 20.8 Å². The van der Waals surface area contributed by atoms with Crippen molar-refractivity contribution in [3.8, 4) is 11.5 Å². The lowest BCUT2D eigenvalue weighted by Gasteiger charge is -2.23. The normalized spacial score (nSPS) is 13.2. The van der Waals surface area contributed by atoms with E-state index in [1.54, 1.807) is 13.2 Å². The van der Waals surface area contributed by atoms with Crippen molar-refractivity contribution in [1.29, 1.82) is 0 Å². The lowest BCUT2D eigenvalue weighted by Crippen LogP contribution is -2.21. The maximum Gasteiger partial charge on any atom is 0.122 e. The lowest BCUT2D eigenvalue weighted by atomic mass is 9.86. The zero-order valence-electron chi connectivity index (χ0n) is 11.4. The van der Waals surface area contributed by atoms with E-state index in [2.05, 4.69) is 20.8 Å². The third-order valence-corrected chi connectivity index (χ3v) is 2.63. The highest BCUT2D eigenvalue weighted by Crippen LogP contribution is 2.34. The largest absolute Gasteiger partial charge is 0.496 e. The smallest absolute Gasteiger partial charge is 0.122 e. The Bertz CT molecular complexity index is 382. The van der Waals surface area contributed by atoms with Gasteiger partial charge in [0, 0.05) is 5.56 Å². The second-order valence-corrected chi connectivity index (χ2v) is 5.26. The van der Waals surface area contributed by atoms with E-state index in [9.17, 15) is 5.11 Å². The Labute approximate surface area is 108 Å². The number of aliphatic hydroxyl groups is 2. The Morgan fingerprint density at radius 3 is 2.44 bits per heavy atom. The molecule has 4 nitrogen and oxygen atoms in total. The molecule has 1 rings (SSSR count). The van der Waals surface area contributed by atoms with Crippen LogP contribution in [0.1, 0.15) is 26.3 Å². The summed E-state index contributed by atoms with van der Waals surface area (Å²) in [5.41, 5.74) is 0.987. The van der Waals surface area contributed by atoms with E-state index < -0.39 is 6.10 Å². The summed E-state index contributed by atoms with van der Waals surface area (Å²) in [7, 11) is 1.64. The molecule has 1 atom stereocenters. The Balaban J connectivity index is 2.90. The first-order valence-corrected chi connectivity index (χ1v) is 5.98. The predicted octanol–water partition coefficient (Wildman–Crippen LogP) is 1.72. The Hall–Kier alpha value is -1.26. The van der Waals surface area contributed by atoms with Crippen LogP contribution in [-0.2, 0) is 5.41 Å². The molecule has 0 radical (unpaired) electrons. The van der Waals surface area contributed by atoms with Crippen molar-refractivity contribution in [2.24, 2.45) is 0 Å². The molecule has 0 fully saturated rings. The number of ether oxygens (including phenoxy) is 2. The topological polar surface area (TPSA) is 58.9 Å². The number of hydrogen-bond donors (Lipinski definition) is 2. The van der Waals surface area contributed by atoms with Crippen LogP contribution < -0.4 is 9.47 Å². The Kier molecular flexibility index (Phi) is 4.99. The minimum Gasteiger partial charge on any atom is -0.496 e. The average Bonchev–Trinajstić information content (AvgIpc) is 2.34. The van der Waals surface area contributed by atoms with Crippen molar-refractivity contribution in [2.75, 3.05) is 20.3 Å². The zero-order chi connectivity index (χ0) is 13.8. The van der Waals surface area contributed by atoms with Crippen LogP contribution in [0.15, 0.2) is 18.2 Å². The molecule has 0 aliphatic carbocycles. The molecule has 0 saturated carbocycles. The SMILES string of the molecule is COc1ccc(OCC(O)CO)cc1C(C)(C)C. The fraction of sp³-hybridized carbons (Fsp3) is 0.571. The monoisotopic (exact) mass is 254 g/mol. The van der Waals surface area contributed by atoms with Gasteiger partial charge in [-0.3, -0.25) is 0 Å². The summed E-state index contributed by atoms with van der Waals surface area (Å²) in [4.78, 5) is 0. The van der Waals surface area contributed by atoms with Crippen LogP contribution in [0.3, 0.4) is 0 Å². The van der Waals surface area contributed by atoms with Gasteiger partial charge in [0.05, 0.1) is 13.7 Å². The highest BCUT2D eigenvalue weighted by atomic mass is 16.5. The highest BCUT2D eigenvalue weighted by Gasteiger charge is 2.19.